The number of nitrogens with zero attached hydrogens (tertiary/aromatic N) is 5. The van der Waals surface area contributed by atoms with Crippen LogP contribution in [0.5, 0.6) is 11.5 Å². The Morgan fingerprint density at radius 2 is 0.795 bits per heavy atom. The van der Waals surface area contributed by atoms with E-state index >= 15 is 0 Å². The van der Waals surface area contributed by atoms with Crippen molar-refractivity contribution >= 4 is 43.4 Å². The lowest BCUT2D eigenvalue weighted by atomic mass is 9.63. The largest absolute Gasteiger partial charge is 0.457 e. The molecule has 0 radical (unpaired) electrons. The average Bonchev–Trinajstić information content (AvgIpc) is 3.79. The summed E-state index contributed by atoms with van der Waals surface area (Å²) in [6.07, 6.45) is 0. The molecular formula is C67H41N5O. The van der Waals surface area contributed by atoms with Crippen LogP contribution in [0.3, 0.4) is 0 Å². The highest BCUT2D eigenvalue weighted by atomic mass is 16.5. The third kappa shape index (κ3) is 6.90. The van der Waals surface area contributed by atoms with Crippen LogP contribution in [0.2, 0.25) is 0 Å². The first-order valence-corrected chi connectivity index (χ1v) is 24.5. The van der Waals surface area contributed by atoms with Gasteiger partial charge < -0.3 is 9.30 Å². The van der Waals surface area contributed by atoms with Crippen LogP contribution in [0.4, 0.5) is 0 Å². The lowest BCUT2D eigenvalue weighted by Crippen LogP contribution is -2.34. The van der Waals surface area contributed by atoms with E-state index < -0.39 is 5.41 Å². The van der Waals surface area contributed by atoms with Gasteiger partial charge in [0.1, 0.15) is 11.5 Å². The maximum Gasteiger partial charge on any atom is 0.164 e. The van der Waals surface area contributed by atoms with E-state index in [1.165, 1.54) is 0 Å². The third-order valence-corrected chi connectivity index (χ3v) is 14.6. The Bertz CT molecular complexity index is 4230. The number of benzene rings is 11. The molecule has 1 aliphatic heterocycles. The lowest BCUT2D eigenvalue weighted by Gasteiger charge is -2.41. The van der Waals surface area contributed by atoms with Crippen molar-refractivity contribution < 1.29 is 4.74 Å². The molecule has 11 aromatic carbocycles. The van der Waals surface area contributed by atoms with Gasteiger partial charge in [-0.2, -0.15) is 5.26 Å². The zero-order valence-corrected chi connectivity index (χ0v) is 39.3. The Balaban J connectivity index is 0.963. The summed E-state index contributed by atoms with van der Waals surface area (Å²) in [5.74, 6) is 3.17. The van der Waals surface area contributed by atoms with Crippen LogP contribution < -0.4 is 4.74 Å². The molecule has 0 unspecified atom stereocenters. The fourth-order valence-electron chi connectivity index (χ4n) is 11.1. The quantitative estimate of drug-likeness (QED) is 0.159. The summed E-state index contributed by atoms with van der Waals surface area (Å²) in [4.78, 5) is 15.7. The molecule has 0 aliphatic carbocycles. The van der Waals surface area contributed by atoms with E-state index in [2.05, 4.69) is 241 Å². The molecule has 0 atom stereocenters. The second kappa shape index (κ2) is 16.9. The van der Waals surface area contributed by atoms with E-state index in [1.54, 1.807) is 0 Å². The van der Waals surface area contributed by atoms with Crippen LogP contribution in [0.15, 0.2) is 249 Å². The van der Waals surface area contributed by atoms with Gasteiger partial charge in [0.25, 0.3) is 0 Å². The molecule has 1 aliphatic rings. The number of rotatable bonds is 7. The van der Waals surface area contributed by atoms with Gasteiger partial charge in [0, 0.05) is 44.3 Å². The molecule has 0 saturated carbocycles. The summed E-state index contributed by atoms with van der Waals surface area (Å²) < 4.78 is 9.54. The van der Waals surface area contributed by atoms with E-state index in [-0.39, 0.29) is 0 Å². The minimum absolute atomic E-state index is 0.541. The van der Waals surface area contributed by atoms with Crippen molar-refractivity contribution in [2.45, 2.75) is 5.41 Å². The maximum absolute atomic E-state index is 10.00. The molecule has 6 heteroatoms. The zero-order valence-electron chi connectivity index (χ0n) is 39.3. The molecule has 0 N–H and O–H groups in total. The number of para-hydroxylation sites is 1. The maximum atomic E-state index is 10.00. The molecule has 13 aromatic rings. The monoisotopic (exact) mass is 931 g/mol. The van der Waals surface area contributed by atoms with Crippen LogP contribution >= 0.6 is 0 Å². The van der Waals surface area contributed by atoms with Crippen molar-refractivity contribution in [2.24, 2.45) is 0 Å². The van der Waals surface area contributed by atoms with Gasteiger partial charge >= 0.3 is 0 Å². The molecule has 0 amide bonds. The molecule has 340 valence electrons. The molecule has 3 heterocycles. The van der Waals surface area contributed by atoms with Gasteiger partial charge in [0.15, 0.2) is 17.5 Å². The molecule has 0 spiro atoms. The highest BCUT2D eigenvalue weighted by molar-refractivity contribution is 6.11. The Hall–Kier alpha value is -9.96. The second-order valence-corrected chi connectivity index (χ2v) is 18.7. The summed E-state index contributed by atoms with van der Waals surface area (Å²) in [5.41, 5.74) is 12.0. The summed E-state index contributed by atoms with van der Waals surface area (Å²) in [5, 5.41) is 16.6. The molecule has 0 fully saturated rings. The van der Waals surface area contributed by atoms with Crippen molar-refractivity contribution in [3.8, 4) is 68.5 Å². The minimum Gasteiger partial charge on any atom is -0.457 e. The fourth-order valence-corrected chi connectivity index (χ4v) is 11.1. The summed E-state index contributed by atoms with van der Waals surface area (Å²) in [6.45, 7) is 0. The Labute approximate surface area is 421 Å². The van der Waals surface area contributed by atoms with Gasteiger partial charge in [-0.05, 0) is 111 Å². The third-order valence-electron chi connectivity index (χ3n) is 14.6. The lowest BCUT2D eigenvalue weighted by molar-refractivity contribution is 0.435. The minimum atomic E-state index is -0.755. The van der Waals surface area contributed by atoms with Crippen LogP contribution in [0, 0.1) is 11.3 Å². The molecule has 73 heavy (non-hydrogen) atoms. The van der Waals surface area contributed by atoms with Gasteiger partial charge in [0.05, 0.1) is 28.1 Å². The van der Waals surface area contributed by atoms with Crippen LogP contribution in [-0.2, 0) is 5.41 Å². The Morgan fingerprint density at radius 1 is 0.370 bits per heavy atom. The summed E-state index contributed by atoms with van der Waals surface area (Å²) >= 11 is 0. The van der Waals surface area contributed by atoms with E-state index in [4.69, 9.17) is 19.7 Å². The Morgan fingerprint density at radius 3 is 1.36 bits per heavy atom. The molecule has 6 nitrogen and oxygen atoms in total. The number of fused-ring (bicyclic) bond motifs is 7. The zero-order chi connectivity index (χ0) is 48.5. The van der Waals surface area contributed by atoms with Gasteiger partial charge in [-0.3, -0.25) is 0 Å². The number of nitriles is 1. The standard InChI is InChI=1S/C67H41N5O/c68-42-43-24-34-60-56(36-43)57-39-48(31-35-61(57)72(60)55-22-8-3-9-23-55)49-29-32-58-62(40-49)73-63-41-52(30-33-59(63)67(58,53-18-4-1-5-19-53)54-20-6-2-7-21-54)66-70-64(50-27-25-44-14-10-12-16-46(44)37-50)69-65(71-66)51-28-26-45-15-11-13-17-47(45)38-51/h1-41H. The van der Waals surface area contributed by atoms with Gasteiger partial charge in [0.2, 0.25) is 0 Å². The van der Waals surface area contributed by atoms with Gasteiger partial charge in [-0.15, -0.1) is 0 Å². The van der Waals surface area contributed by atoms with Crippen molar-refractivity contribution in [1.29, 1.82) is 5.26 Å². The summed E-state index contributed by atoms with van der Waals surface area (Å²) in [7, 11) is 0. The van der Waals surface area contributed by atoms with Crippen molar-refractivity contribution in [3.63, 3.8) is 0 Å². The van der Waals surface area contributed by atoms with Gasteiger partial charge in [-0.1, -0.05) is 182 Å². The molecule has 14 rings (SSSR count). The van der Waals surface area contributed by atoms with Crippen molar-refractivity contribution in [2.75, 3.05) is 0 Å². The SMILES string of the molecule is N#Cc1ccc2c(c1)c1cc(-c3ccc4c(c3)Oc3cc(-c5nc(-c6ccc7ccccc7c6)nc(-c6ccc7ccccc7c6)n5)ccc3C4(c3ccccc3)c3ccccc3)ccc1n2-c1ccccc1. The van der Waals surface area contributed by atoms with E-state index in [0.717, 1.165) is 105 Å². The van der Waals surface area contributed by atoms with Crippen molar-refractivity contribution in [1.82, 2.24) is 19.5 Å². The number of hydrogen-bond donors (Lipinski definition) is 0. The number of aromatic nitrogens is 4. The second-order valence-electron chi connectivity index (χ2n) is 18.7. The highest BCUT2D eigenvalue weighted by Gasteiger charge is 2.45. The first kappa shape index (κ1) is 42.0. The average molecular weight is 932 g/mol. The molecular weight excluding hydrogens is 891 g/mol. The summed E-state index contributed by atoms with van der Waals surface area (Å²) in [6, 6.07) is 89.3. The number of hydrogen-bond acceptors (Lipinski definition) is 5. The first-order valence-electron chi connectivity index (χ1n) is 24.5. The van der Waals surface area contributed by atoms with Crippen LogP contribution in [0.25, 0.3) is 94.3 Å². The highest BCUT2D eigenvalue weighted by Crippen LogP contribution is 2.56. The van der Waals surface area contributed by atoms with Crippen LogP contribution in [0.1, 0.15) is 27.8 Å². The van der Waals surface area contributed by atoms with E-state index in [0.29, 0.717) is 28.8 Å². The first-order chi connectivity index (χ1) is 36.1. The molecule has 0 bridgehead atoms. The topological polar surface area (TPSA) is 76.6 Å². The smallest absolute Gasteiger partial charge is 0.164 e. The Kier molecular flexibility index (Phi) is 9.70. The van der Waals surface area contributed by atoms with E-state index in [1.807, 2.05) is 18.2 Å². The normalized spacial score (nSPS) is 12.6. The molecule has 0 saturated heterocycles. The van der Waals surface area contributed by atoms with Crippen molar-refractivity contribution in [3.05, 3.63) is 277 Å². The van der Waals surface area contributed by atoms with Crippen LogP contribution in [-0.4, -0.2) is 19.5 Å². The number of ether oxygens (including phenoxy) is 1. The fraction of sp³-hybridized carbons (Fsp3) is 0.0149. The molecule has 2 aromatic heterocycles. The van der Waals surface area contributed by atoms with Gasteiger partial charge in [-0.25, -0.2) is 15.0 Å². The van der Waals surface area contributed by atoms with E-state index in [9.17, 15) is 5.26 Å². The predicted octanol–water partition coefficient (Wildman–Crippen LogP) is 16.3. The predicted molar refractivity (Wildman–Crippen MR) is 294 cm³/mol.